The fourth-order valence-corrected chi connectivity index (χ4v) is 2.33. The lowest BCUT2D eigenvalue weighted by Crippen LogP contribution is -2.38. The molecule has 1 heterocycles. The number of ether oxygens (including phenoxy) is 1. The molecule has 1 aromatic rings. The SMILES string of the molecule is CCNC(=NCCCOCC1CC1)NCCc1ccncc1C. The second-order valence-corrected chi connectivity index (χ2v) is 6.11. The lowest BCUT2D eigenvalue weighted by Gasteiger charge is -2.12. The zero-order valence-electron chi connectivity index (χ0n) is 14.5. The fraction of sp³-hybridized carbons (Fsp3) is 0.667. The molecule has 0 amide bonds. The van der Waals surface area contributed by atoms with E-state index in [2.05, 4.69) is 40.5 Å². The fourth-order valence-electron chi connectivity index (χ4n) is 2.33. The average molecular weight is 318 g/mol. The van der Waals surface area contributed by atoms with Crippen LogP contribution in [0.2, 0.25) is 0 Å². The third kappa shape index (κ3) is 7.46. The van der Waals surface area contributed by atoms with E-state index in [9.17, 15) is 0 Å². The van der Waals surface area contributed by atoms with Gasteiger partial charge in [0.1, 0.15) is 0 Å². The molecule has 5 heteroatoms. The minimum atomic E-state index is 0.800. The van der Waals surface area contributed by atoms with Gasteiger partial charge >= 0.3 is 0 Å². The van der Waals surface area contributed by atoms with Crippen molar-refractivity contribution in [1.29, 1.82) is 0 Å². The molecule has 0 bridgehead atoms. The normalized spacial score (nSPS) is 14.8. The smallest absolute Gasteiger partial charge is 0.191 e. The number of aliphatic imine (C=N–C) groups is 1. The number of pyridine rings is 1. The lowest BCUT2D eigenvalue weighted by molar-refractivity contribution is 0.123. The van der Waals surface area contributed by atoms with Crippen molar-refractivity contribution in [2.75, 3.05) is 32.8 Å². The Bertz CT molecular complexity index is 486. The number of hydrogen-bond acceptors (Lipinski definition) is 3. The number of rotatable bonds is 10. The average Bonchev–Trinajstić information content (AvgIpc) is 3.36. The molecule has 0 saturated heterocycles. The molecule has 23 heavy (non-hydrogen) atoms. The molecule has 0 spiro atoms. The number of hydrogen-bond donors (Lipinski definition) is 2. The predicted octanol–water partition coefficient (Wildman–Crippen LogP) is 2.30. The van der Waals surface area contributed by atoms with Crippen molar-refractivity contribution in [3.05, 3.63) is 29.6 Å². The maximum atomic E-state index is 5.64. The predicted molar refractivity (Wildman–Crippen MR) is 94.8 cm³/mol. The molecule has 2 rings (SSSR count). The van der Waals surface area contributed by atoms with Crippen LogP contribution in [0.4, 0.5) is 0 Å². The Morgan fingerprint density at radius 2 is 2.26 bits per heavy atom. The third-order valence-corrected chi connectivity index (χ3v) is 3.93. The molecule has 1 aliphatic carbocycles. The van der Waals surface area contributed by atoms with Crippen molar-refractivity contribution >= 4 is 5.96 Å². The quantitative estimate of drug-likeness (QED) is 0.395. The Morgan fingerprint density at radius 1 is 1.39 bits per heavy atom. The highest BCUT2D eigenvalue weighted by Gasteiger charge is 2.20. The van der Waals surface area contributed by atoms with E-state index in [0.29, 0.717) is 0 Å². The molecular formula is C18H30N4O. The molecule has 1 fully saturated rings. The van der Waals surface area contributed by atoms with Crippen molar-refractivity contribution in [1.82, 2.24) is 15.6 Å². The minimum Gasteiger partial charge on any atom is -0.381 e. The van der Waals surface area contributed by atoms with E-state index >= 15 is 0 Å². The van der Waals surface area contributed by atoms with Crippen LogP contribution in [-0.2, 0) is 11.2 Å². The van der Waals surface area contributed by atoms with Crippen LogP contribution >= 0.6 is 0 Å². The van der Waals surface area contributed by atoms with Crippen molar-refractivity contribution in [2.24, 2.45) is 10.9 Å². The van der Waals surface area contributed by atoms with Gasteiger partial charge in [0.25, 0.3) is 0 Å². The van der Waals surface area contributed by atoms with E-state index in [1.54, 1.807) is 0 Å². The number of nitrogens with zero attached hydrogens (tertiary/aromatic N) is 2. The number of nitrogens with one attached hydrogen (secondary N) is 2. The molecule has 1 saturated carbocycles. The topological polar surface area (TPSA) is 58.5 Å². The summed E-state index contributed by atoms with van der Waals surface area (Å²) in [6.07, 6.45) is 8.42. The highest BCUT2D eigenvalue weighted by molar-refractivity contribution is 5.79. The van der Waals surface area contributed by atoms with Crippen LogP contribution in [0.15, 0.2) is 23.5 Å². The van der Waals surface area contributed by atoms with E-state index in [1.165, 1.54) is 24.0 Å². The van der Waals surface area contributed by atoms with Crippen LogP contribution in [0, 0.1) is 12.8 Å². The van der Waals surface area contributed by atoms with E-state index in [1.807, 2.05) is 12.4 Å². The largest absolute Gasteiger partial charge is 0.381 e. The number of guanidine groups is 1. The van der Waals surface area contributed by atoms with Gasteiger partial charge in [0, 0.05) is 45.2 Å². The Kier molecular flexibility index (Phi) is 7.87. The Hall–Kier alpha value is -1.62. The van der Waals surface area contributed by atoms with Gasteiger partial charge < -0.3 is 15.4 Å². The summed E-state index contributed by atoms with van der Waals surface area (Å²) < 4.78 is 5.64. The number of aromatic nitrogens is 1. The standard InChI is InChI=1S/C18H30N4O/c1-3-20-18(21-9-4-12-23-14-16-5-6-16)22-11-8-17-7-10-19-13-15(17)2/h7,10,13,16H,3-6,8-9,11-12,14H2,1-2H3,(H2,20,21,22). The van der Waals surface area contributed by atoms with Gasteiger partial charge in [0.15, 0.2) is 5.96 Å². The van der Waals surface area contributed by atoms with Gasteiger partial charge in [-0.05, 0) is 62.6 Å². The maximum Gasteiger partial charge on any atom is 0.191 e. The number of aryl methyl sites for hydroxylation is 1. The van der Waals surface area contributed by atoms with Gasteiger partial charge in [-0.1, -0.05) is 0 Å². The van der Waals surface area contributed by atoms with Crippen molar-refractivity contribution in [3.63, 3.8) is 0 Å². The van der Waals surface area contributed by atoms with Gasteiger partial charge in [-0.15, -0.1) is 0 Å². The first kappa shape index (κ1) is 17.7. The van der Waals surface area contributed by atoms with Crippen LogP contribution in [-0.4, -0.2) is 43.8 Å². The van der Waals surface area contributed by atoms with Gasteiger partial charge in [-0.2, -0.15) is 0 Å². The van der Waals surface area contributed by atoms with Crippen molar-refractivity contribution < 1.29 is 4.74 Å². The summed E-state index contributed by atoms with van der Waals surface area (Å²) in [6, 6.07) is 2.08. The van der Waals surface area contributed by atoms with Crippen LogP contribution in [0.25, 0.3) is 0 Å². The first-order chi connectivity index (χ1) is 11.3. The molecule has 2 N–H and O–H groups in total. The van der Waals surface area contributed by atoms with Gasteiger partial charge in [0.2, 0.25) is 0 Å². The first-order valence-corrected chi connectivity index (χ1v) is 8.79. The van der Waals surface area contributed by atoms with E-state index in [-0.39, 0.29) is 0 Å². The molecule has 1 aromatic heterocycles. The molecule has 0 atom stereocenters. The maximum absolute atomic E-state index is 5.64. The minimum absolute atomic E-state index is 0.800. The molecule has 0 radical (unpaired) electrons. The van der Waals surface area contributed by atoms with Crippen molar-refractivity contribution in [2.45, 2.75) is 39.5 Å². The molecule has 128 valence electrons. The summed E-state index contributed by atoms with van der Waals surface area (Å²) in [4.78, 5) is 8.73. The van der Waals surface area contributed by atoms with Gasteiger partial charge in [0.05, 0.1) is 0 Å². The zero-order valence-corrected chi connectivity index (χ0v) is 14.5. The molecule has 0 unspecified atom stereocenters. The van der Waals surface area contributed by atoms with Gasteiger partial charge in [-0.25, -0.2) is 0 Å². The summed E-state index contributed by atoms with van der Waals surface area (Å²) in [5.41, 5.74) is 2.57. The lowest BCUT2D eigenvalue weighted by atomic mass is 10.1. The molecule has 0 aromatic carbocycles. The second kappa shape index (κ2) is 10.2. The van der Waals surface area contributed by atoms with Gasteiger partial charge in [-0.3, -0.25) is 9.98 Å². The molecule has 0 aliphatic heterocycles. The van der Waals surface area contributed by atoms with E-state index in [0.717, 1.165) is 57.6 Å². The first-order valence-electron chi connectivity index (χ1n) is 8.79. The van der Waals surface area contributed by atoms with Crippen molar-refractivity contribution in [3.8, 4) is 0 Å². The molecule has 5 nitrogen and oxygen atoms in total. The Balaban J connectivity index is 1.63. The zero-order chi connectivity index (χ0) is 16.3. The highest BCUT2D eigenvalue weighted by atomic mass is 16.5. The summed E-state index contributed by atoms with van der Waals surface area (Å²) in [5, 5.41) is 6.68. The summed E-state index contributed by atoms with van der Waals surface area (Å²) in [6.45, 7) is 8.48. The monoisotopic (exact) mass is 318 g/mol. The summed E-state index contributed by atoms with van der Waals surface area (Å²) >= 11 is 0. The molecule has 1 aliphatic rings. The van der Waals surface area contributed by atoms with Crippen LogP contribution in [0.1, 0.15) is 37.3 Å². The Labute approximate surface area is 139 Å². The van der Waals surface area contributed by atoms with Crippen LogP contribution in [0.5, 0.6) is 0 Å². The van der Waals surface area contributed by atoms with Crippen LogP contribution in [0.3, 0.4) is 0 Å². The summed E-state index contributed by atoms with van der Waals surface area (Å²) in [7, 11) is 0. The third-order valence-electron chi connectivity index (χ3n) is 3.93. The summed E-state index contributed by atoms with van der Waals surface area (Å²) in [5.74, 6) is 1.73. The molecular weight excluding hydrogens is 288 g/mol. The van der Waals surface area contributed by atoms with E-state index in [4.69, 9.17) is 4.74 Å². The van der Waals surface area contributed by atoms with Crippen LogP contribution < -0.4 is 10.6 Å². The second-order valence-electron chi connectivity index (χ2n) is 6.11. The Morgan fingerprint density at radius 3 is 3.00 bits per heavy atom. The van der Waals surface area contributed by atoms with E-state index < -0.39 is 0 Å². The highest BCUT2D eigenvalue weighted by Crippen LogP contribution is 2.28.